The first-order valence-corrected chi connectivity index (χ1v) is 3.81. The van der Waals surface area contributed by atoms with Crippen molar-refractivity contribution >= 4 is 12.4 Å². The molecule has 0 amide bonds. The quantitative estimate of drug-likeness (QED) is 0.546. The van der Waals surface area contributed by atoms with Gasteiger partial charge in [0, 0.05) is 11.9 Å². The van der Waals surface area contributed by atoms with Gasteiger partial charge >= 0.3 is 0 Å². The van der Waals surface area contributed by atoms with Crippen molar-refractivity contribution < 1.29 is 0 Å². The van der Waals surface area contributed by atoms with Gasteiger partial charge < -0.3 is 0 Å². The molecule has 0 fully saturated rings. The molecule has 0 atom stereocenters. The van der Waals surface area contributed by atoms with Gasteiger partial charge in [0.2, 0.25) is 0 Å². The minimum atomic E-state index is 0.844. The Bertz CT molecular complexity index is 151. The lowest BCUT2D eigenvalue weighted by Gasteiger charge is -1.85. The number of hydrogen-bond acceptors (Lipinski definition) is 2. The fourth-order valence-electron chi connectivity index (χ4n) is 0.263. The number of hydrogen-bond donors (Lipinski definition) is 0. The van der Waals surface area contributed by atoms with Gasteiger partial charge in [0.25, 0.3) is 0 Å². The summed E-state index contributed by atoms with van der Waals surface area (Å²) in [5.41, 5.74) is 1.87. The van der Waals surface area contributed by atoms with Gasteiger partial charge in [-0.2, -0.15) is 0 Å². The van der Waals surface area contributed by atoms with E-state index in [-0.39, 0.29) is 0 Å². The minimum Gasteiger partial charge on any atom is -0.268 e. The van der Waals surface area contributed by atoms with E-state index in [4.69, 9.17) is 0 Å². The topological polar surface area (TPSA) is 24.7 Å². The van der Waals surface area contributed by atoms with Gasteiger partial charge in [-0.1, -0.05) is 13.8 Å². The second-order valence-electron chi connectivity index (χ2n) is 2.00. The summed E-state index contributed by atoms with van der Waals surface area (Å²) in [6.45, 7) is 13.1. The Labute approximate surface area is 69.8 Å². The average molecular weight is 154 g/mol. The van der Waals surface area contributed by atoms with Crippen LogP contribution in [0, 0.1) is 0 Å². The van der Waals surface area contributed by atoms with Crippen LogP contribution in [0.1, 0.15) is 34.6 Å². The zero-order valence-electron chi connectivity index (χ0n) is 8.18. The Kier molecular flexibility index (Phi) is 10.5. The summed E-state index contributed by atoms with van der Waals surface area (Å²) in [4.78, 5) is 7.68. The van der Waals surface area contributed by atoms with Gasteiger partial charge in [0.15, 0.2) is 0 Å². The summed E-state index contributed by atoms with van der Waals surface area (Å²) in [6, 6.07) is 0. The summed E-state index contributed by atoms with van der Waals surface area (Å²) in [5, 5.41) is 0. The van der Waals surface area contributed by atoms with Crippen LogP contribution in [0.2, 0.25) is 0 Å². The lowest BCUT2D eigenvalue weighted by Crippen LogP contribution is -1.76. The first kappa shape index (κ1) is 12.7. The molecule has 64 valence electrons. The molecule has 0 aliphatic carbocycles. The molecule has 0 unspecified atom stereocenters. The first-order chi connectivity index (χ1) is 5.16. The molecule has 0 aliphatic heterocycles. The van der Waals surface area contributed by atoms with Crippen molar-refractivity contribution in [3.8, 4) is 0 Å². The van der Waals surface area contributed by atoms with E-state index in [0.29, 0.717) is 0 Å². The normalized spacial score (nSPS) is 9.36. The highest BCUT2D eigenvalue weighted by Gasteiger charge is 1.76. The molecule has 0 rings (SSSR count). The predicted molar refractivity (Wildman–Crippen MR) is 53.4 cm³/mol. The fraction of sp³-hybridized carbons (Fsp3) is 0.556. The predicted octanol–water partition coefficient (Wildman–Crippen LogP) is 3.06. The van der Waals surface area contributed by atoms with Gasteiger partial charge in [-0.15, -0.1) is 0 Å². The lowest BCUT2D eigenvalue weighted by atomic mass is 10.5. The van der Waals surface area contributed by atoms with Gasteiger partial charge in [0.1, 0.15) is 0 Å². The van der Waals surface area contributed by atoms with E-state index in [9.17, 15) is 0 Å². The molecule has 11 heavy (non-hydrogen) atoms. The van der Waals surface area contributed by atoms with E-state index in [2.05, 4.69) is 16.7 Å². The molecule has 0 heterocycles. The smallest absolute Gasteiger partial charge is 0.0547 e. The third-order valence-electron chi connectivity index (χ3n) is 0.759. The van der Waals surface area contributed by atoms with Crippen LogP contribution in [-0.4, -0.2) is 12.4 Å². The van der Waals surface area contributed by atoms with E-state index in [1.165, 1.54) is 0 Å². The second-order valence-corrected chi connectivity index (χ2v) is 2.00. The van der Waals surface area contributed by atoms with Gasteiger partial charge in [-0.25, -0.2) is 0 Å². The standard InChI is InChI=1S/C7H12N2.C2H6/c1-6(2)9-5-7(3)8-4;1-2/h5H,4H2,1-3H3;1-2H3/b7-5-;. The van der Waals surface area contributed by atoms with Crippen molar-refractivity contribution in [2.24, 2.45) is 9.98 Å². The molecule has 0 spiro atoms. The van der Waals surface area contributed by atoms with Crippen LogP contribution in [0.3, 0.4) is 0 Å². The molecule has 0 radical (unpaired) electrons. The molecule has 0 aromatic heterocycles. The maximum atomic E-state index is 4.02. The third kappa shape index (κ3) is 12.3. The highest BCUT2D eigenvalue weighted by molar-refractivity contribution is 5.79. The van der Waals surface area contributed by atoms with Gasteiger partial charge in [-0.3, -0.25) is 9.98 Å². The zero-order valence-corrected chi connectivity index (χ0v) is 8.18. The SMILES string of the molecule is C=N/C(C)=C\N=C(C)C.CC. The molecule has 0 N–H and O–H groups in total. The monoisotopic (exact) mass is 154 g/mol. The van der Waals surface area contributed by atoms with Crippen molar-refractivity contribution in [3.63, 3.8) is 0 Å². The minimum absolute atomic E-state index is 0.844. The molecule has 0 aliphatic rings. The maximum Gasteiger partial charge on any atom is 0.0547 e. The molecule has 0 bridgehead atoms. The third-order valence-corrected chi connectivity index (χ3v) is 0.759. The van der Waals surface area contributed by atoms with Gasteiger partial charge in [-0.05, 0) is 27.5 Å². The van der Waals surface area contributed by atoms with Crippen LogP contribution < -0.4 is 0 Å². The van der Waals surface area contributed by atoms with E-state index in [0.717, 1.165) is 11.4 Å². The molecular weight excluding hydrogens is 136 g/mol. The average Bonchev–Trinajstić information content (AvgIpc) is 2.04. The number of nitrogens with zero attached hydrogens (tertiary/aromatic N) is 2. The molecule has 0 saturated heterocycles. The van der Waals surface area contributed by atoms with Crippen molar-refractivity contribution in [2.45, 2.75) is 34.6 Å². The second kappa shape index (κ2) is 9.08. The van der Waals surface area contributed by atoms with Crippen molar-refractivity contribution in [2.75, 3.05) is 0 Å². The van der Waals surface area contributed by atoms with Crippen molar-refractivity contribution in [3.05, 3.63) is 11.9 Å². The Morgan fingerprint density at radius 1 is 1.18 bits per heavy atom. The van der Waals surface area contributed by atoms with Crippen LogP contribution in [0.15, 0.2) is 21.9 Å². The Balaban J connectivity index is 0. The summed E-state index contributed by atoms with van der Waals surface area (Å²) in [5.74, 6) is 0. The van der Waals surface area contributed by atoms with E-state index in [1.807, 2.05) is 34.6 Å². The highest BCUT2D eigenvalue weighted by Crippen LogP contribution is 1.91. The number of allylic oxidation sites excluding steroid dienone is 1. The van der Waals surface area contributed by atoms with Gasteiger partial charge in [0.05, 0.1) is 5.70 Å². The van der Waals surface area contributed by atoms with E-state index >= 15 is 0 Å². The zero-order chi connectivity index (χ0) is 9.28. The molecule has 2 heteroatoms. The Morgan fingerprint density at radius 3 is 1.91 bits per heavy atom. The first-order valence-electron chi connectivity index (χ1n) is 3.81. The summed E-state index contributed by atoms with van der Waals surface area (Å²) < 4.78 is 0. The fourth-order valence-corrected chi connectivity index (χ4v) is 0.263. The van der Waals surface area contributed by atoms with E-state index < -0.39 is 0 Å². The van der Waals surface area contributed by atoms with Crippen LogP contribution in [0.5, 0.6) is 0 Å². The molecule has 2 nitrogen and oxygen atoms in total. The summed E-state index contributed by atoms with van der Waals surface area (Å²) >= 11 is 0. The largest absolute Gasteiger partial charge is 0.268 e. The van der Waals surface area contributed by atoms with Crippen LogP contribution in [0.25, 0.3) is 0 Å². The van der Waals surface area contributed by atoms with Crippen LogP contribution in [0.4, 0.5) is 0 Å². The van der Waals surface area contributed by atoms with Crippen LogP contribution in [-0.2, 0) is 0 Å². The molecule has 0 aromatic rings. The number of rotatable bonds is 2. The molecule has 0 aromatic carbocycles. The summed E-state index contributed by atoms with van der Waals surface area (Å²) in [7, 11) is 0. The lowest BCUT2D eigenvalue weighted by molar-refractivity contribution is 1.28. The Morgan fingerprint density at radius 2 is 1.64 bits per heavy atom. The molecule has 0 saturated carbocycles. The number of aliphatic imine (C=N–C) groups is 2. The molecular formula is C9H18N2. The van der Waals surface area contributed by atoms with E-state index in [1.54, 1.807) is 6.20 Å². The van der Waals surface area contributed by atoms with Crippen molar-refractivity contribution in [1.82, 2.24) is 0 Å². The highest BCUT2D eigenvalue weighted by atomic mass is 14.8. The van der Waals surface area contributed by atoms with Crippen LogP contribution >= 0.6 is 0 Å². The van der Waals surface area contributed by atoms with Crippen molar-refractivity contribution in [1.29, 1.82) is 0 Å². The summed E-state index contributed by atoms with van der Waals surface area (Å²) in [6.07, 6.45) is 1.70. The Hall–Kier alpha value is -0.920. The maximum absolute atomic E-state index is 4.02.